The molecule has 2 nitrogen and oxygen atoms in total. The van der Waals surface area contributed by atoms with Crippen molar-refractivity contribution in [2.45, 2.75) is 12.7 Å². The smallest absolute Gasteiger partial charge is 0.399 e. The third-order valence-corrected chi connectivity index (χ3v) is 3.65. The maximum Gasteiger partial charge on any atom is 0.416 e. The zero-order chi connectivity index (χ0) is 14.8. The molecule has 0 unspecified atom stereocenters. The van der Waals surface area contributed by atoms with Gasteiger partial charge in [0.25, 0.3) is 0 Å². The number of hydrogen-bond acceptors (Lipinski definition) is 2. The van der Waals surface area contributed by atoms with Gasteiger partial charge in [-0.15, -0.1) is 0 Å². The van der Waals surface area contributed by atoms with Gasteiger partial charge in [0.15, 0.2) is 0 Å². The number of nitrogens with one attached hydrogen (secondary N) is 1. The second-order valence-corrected chi connectivity index (χ2v) is 5.45. The van der Waals surface area contributed by atoms with Gasteiger partial charge in [0.1, 0.15) is 0 Å². The Kier molecular flexibility index (Phi) is 4.42. The van der Waals surface area contributed by atoms with Crippen LogP contribution in [-0.4, -0.2) is 0 Å². The Morgan fingerprint density at radius 3 is 2.25 bits per heavy atom. The Morgan fingerprint density at radius 1 is 1.05 bits per heavy atom. The van der Waals surface area contributed by atoms with E-state index in [0.717, 1.165) is 27.0 Å². The van der Waals surface area contributed by atoms with E-state index in [9.17, 15) is 13.2 Å². The monoisotopic (exact) mass is 392 g/mol. The SMILES string of the molecule is Nc1ccc(NCc2ccc(C(F)(F)F)cc2)c(I)c1. The predicted octanol–water partition coefficient (Wildman–Crippen LogP) is 4.50. The molecule has 2 aromatic carbocycles. The fourth-order valence-electron chi connectivity index (χ4n) is 1.68. The van der Waals surface area contributed by atoms with Gasteiger partial charge in [-0.2, -0.15) is 13.2 Å². The van der Waals surface area contributed by atoms with Crippen molar-refractivity contribution in [1.29, 1.82) is 0 Å². The Bertz CT molecular complexity index is 594. The number of benzene rings is 2. The highest BCUT2D eigenvalue weighted by Gasteiger charge is 2.29. The second-order valence-electron chi connectivity index (χ2n) is 4.29. The van der Waals surface area contributed by atoms with E-state index in [-0.39, 0.29) is 0 Å². The molecule has 0 saturated heterocycles. The maximum atomic E-state index is 12.4. The second kappa shape index (κ2) is 5.90. The van der Waals surface area contributed by atoms with Crippen molar-refractivity contribution >= 4 is 34.0 Å². The van der Waals surface area contributed by atoms with Gasteiger partial charge in [0, 0.05) is 21.5 Å². The van der Waals surface area contributed by atoms with Crippen molar-refractivity contribution in [1.82, 2.24) is 0 Å². The van der Waals surface area contributed by atoms with Crippen LogP contribution in [0.2, 0.25) is 0 Å². The standard InChI is InChI=1S/C14H12F3IN2/c15-14(16,17)10-3-1-9(2-4-10)8-20-13-6-5-11(19)7-12(13)18/h1-7,20H,8,19H2. The minimum Gasteiger partial charge on any atom is -0.399 e. The molecule has 2 aromatic rings. The molecule has 0 fully saturated rings. The largest absolute Gasteiger partial charge is 0.416 e. The molecule has 0 amide bonds. The topological polar surface area (TPSA) is 38.0 Å². The summed E-state index contributed by atoms with van der Waals surface area (Å²) in [5, 5.41) is 3.17. The van der Waals surface area contributed by atoms with E-state index in [1.165, 1.54) is 12.1 Å². The Hall–Kier alpha value is -1.44. The Morgan fingerprint density at radius 2 is 1.70 bits per heavy atom. The molecule has 0 aliphatic carbocycles. The van der Waals surface area contributed by atoms with Crippen LogP contribution in [0, 0.1) is 3.57 Å². The fraction of sp³-hybridized carbons (Fsp3) is 0.143. The van der Waals surface area contributed by atoms with Gasteiger partial charge < -0.3 is 11.1 Å². The van der Waals surface area contributed by atoms with Crippen LogP contribution in [-0.2, 0) is 12.7 Å². The molecule has 0 heterocycles. The maximum absolute atomic E-state index is 12.4. The van der Waals surface area contributed by atoms with Gasteiger partial charge in [-0.25, -0.2) is 0 Å². The van der Waals surface area contributed by atoms with Crippen LogP contribution < -0.4 is 11.1 Å². The summed E-state index contributed by atoms with van der Waals surface area (Å²) in [4.78, 5) is 0. The average Bonchev–Trinajstić information content (AvgIpc) is 2.37. The molecule has 0 aliphatic heterocycles. The summed E-state index contributed by atoms with van der Waals surface area (Å²) in [5.41, 5.74) is 7.38. The number of nitrogen functional groups attached to an aromatic ring is 1. The van der Waals surface area contributed by atoms with E-state index in [4.69, 9.17) is 5.73 Å². The summed E-state index contributed by atoms with van der Waals surface area (Å²) in [6, 6.07) is 10.6. The number of nitrogens with two attached hydrogens (primary N) is 1. The number of hydrogen-bond donors (Lipinski definition) is 2. The first-order valence-corrected chi connectivity index (χ1v) is 6.89. The lowest BCUT2D eigenvalue weighted by Gasteiger charge is -2.11. The molecular formula is C14H12F3IN2. The van der Waals surface area contributed by atoms with Crippen LogP contribution in [0.5, 0.6) is 0 Å². The van der Waals surface area contributed by atoms with Gasteiger partial charge in [-0.1, -0.05) is 12.1 Å². The third-order valence-electron chi connectivity index (χ3n) is 2.76. The van der Waals surface area contributed by atoms with Gasteiger partial charge in [0.05, 0.1) is 5.56 Å². The van der Waals surface area contributed by atoms with Crippen molar-refractivity contribution in [2.75, 3.05) is 11.1 Å². The molecule has 0 atom stereocenters. The van der Waals surface area contributed by atoms with Crippen molar-refractivity contribution in [3.8, 4) is 0 Å². The number of halogens is 4. The molecule has 0 saturated carbocycles. The molecule has 0 aromatic heterocycles. The van der Waals surface area contributed by atoms with Crippen LogP contribution in [0.3, 0.4) is 0 Å². The molecule has 0 spiro atoms. The normalized spacial score (nSPS) is 11.4. The Balaban J connectivity index is 2.04. The summed E-state index contributed by atoms with van der Waals surface area (Å²) in [6.45, 7) is 0.456. The lowest BCUT2D eigenvalue weighted by molar-refractivity contribution is -0.137. The van der Waals surface area contributed by atoms with Gasteiger partial charge in [-0.05, 0) is 58.5 Å². The van der Waals surface area contributed by atoms with Crippen molar-refractivity contribution in [3.63, 3.8) is 0 Å². The highest BCUT2D eigenvalue weighted by atomic mass is 127. The minimum atomic E-state index is -4.29. The summed E-state index contributed by atoms with van der Waals surface area (Å²) in [5.74, 6) is 0. The molecule has 106 valence electrons. The summed E-state index contributed by atoms with van der Waals surface area (Å²) in [6.07, 6.45) is -4.29. The molecule has 2 rings (SSSR count). The highest BCUT2D eigenvalue weighted by molar-refractivity contribution is 14.1. The van der Waals surface area contributed by atoms with E-state index >= 15 is 0 Å². The summed E-state index contributed by atoms with van der Waals surface area (Å²) >= 11 is 2.15. The van der Waals surface area contributed by atoms with Crippen molar-refractivity contribution < 1.29 is 13.2 Å². The molecule has 0 aliphatic rings. The van der Waals surface area contributed by atoms with Crippen molar-refractivity contribution in [3.05, 3.63) is 57.2 Å². The van der Waals surface area contributed by atoms with Gasteiger partial charge in [0.2, 0.25) is 0 Å². The van der Waals surface area contributed by atoms with E-state index in [1.54, 1.807) is 6.07 Å². The zero-order valence-corrected chi connectivity index (χ0v) is 12.5. The van der Waals surface area contributed by atoms with Crippen LogP contribution in [0.1, 0.15) is 11.1 Å². The molecule has 6 heteroatoms. The van der Waals surface area contributed by atoms with Crippen LogP contribution in [0.25, 0.3) is 0 Å². The number of alkyl halides is 3. The van der Waals surface area contributed by atoms with Crippen LogP contribution in [0.4, 0.5) is 24.5 Å². The van der Waals surface area contributed by atoms with E-state index in [2.05, 4.69) is 27.9 Å². The predicted molar refractivity (Wildman–Crippen MR) is 82.3 cm³/mol. The first kappa shape index (κ1) is 15.0. The number of anilines is 2. The van der Waals surface area contributed by atoms with Crippen molar-refractivity contribution in [2.24, 2.45) is 0 Å². The van der Waals surface area contributed by atoms with Crippen LogP contribution in [0.15, 0.2) is 42.5 Å². The molecule has 0 radical (unpaired) electrons. The van der Waals surface area contributed by atoms with E-state index in [1.807, 2.05) is 12.1 Å². The summed E-state index contributed by atoms with van der Waals surface area (Å²) < 4.78 is 38.3. The van der Waals surface area contributed by atoms with Crippen LogP contribution >= 0.6 is 22.6 Å². The Labute approximate surface area is 128 Å². The summed E-state index contributed by atoms with van der Waals surface area (Å²) in [7, 11) is 0. The lowest BCUT2D eigenvalue weighted by atomic mass is 10.1. The third kappa shape index (κ3) is 3.78. The minimum absolute atomic E-state index is 0.456. The quantitative estimate of drug-likeness (QED) is 0.596. The fourth-order valence-corrected chi connectivity index (χ4v) is 2.41. The molecular weight excluding hydrogens is 380 g/mol. The molecule has 20 heavy (non-hydrogen) atoms. The average molecular weight is 392 g/mol. The zero-order valence-electron chi connectivity index (χ0n) is 10.3. The number of rotatable bonds is 3. The van der Waals surface area contributed by atoms with E-state index in [0.29, 0.717) is 12.2 Å². The molecule has 3 N–H and O–H groups in total. The lowest BCUT2D eigenvalue weighted by Crippen LogP contribution is -2.06. The van der Waals surface area contributed by atoms with Gasteiger partial charge in [-0.3, -0.25) is 0 Å². The first-order valence-electron chi connectivity index (χ1n) is 5.81. The molecule has 0 bridgehead atoms. The van der Waals surface area contributed by atoms with E-state index < -0.39 is 11.7 Å². The first-order chi connectivity index (χ1) is 9.36. The highest BCUT2D eigenvalue weighted by Crippen LogP contribution is 2.29. The van der Waals surface area contributed by atoms with Gasteiger partial charge >= 0.3 is 6.18 Å².